The van der Waals surface area contributed by atoms with Crippen molar-refractivity contribution in [2.45, 2.75) is 50.3 Å². The van der Waals surface area contributed by atoms with E-state index < -0.39 is 30.6 Å². The Morgan fingerprint density at radius 2 is 1.94 bits per heavy atom. The van der Waals surface area contributed by atoms with Gasteiger partial charge in [0, 0.05) is 6.54 Å². The molecule has 0 saturated carbocycles. The van der Waals surface area contributed by atoms with Crippen LogP contribution in [0.15, 0.2) is 4.99 Å². The molecule has 2 aliphatic rings. The van der Waals surface area contributed by atoms with E-state index in [2.05, 4.69) is 4.99 Å². The standard InChI is InChI=1S/C11H20N2O5/c1-2-3-4-12-11-13-6(5-18-11)7(14)8(15)9(16)10(13)17/h6-10,14-17H,2-5H2,1H3/b12-11+/t6-,7+,8+,9-,10-/m1/s1. The average Bonchev–Trinajstić information content (AvgIpc) is 2.78. The summed E-state index contributed by atoms with van der Waals surface area (Å²) in [7, 11) is 0. The van der Waals surface area contributed by atoms with E-state index in [1.165, 1.54) is 4.90 Å². The van der Waals surface area contributed by atoms with Gasteiger partial charge in [-0.2, -0.15) is 0 Å². The molecule has 0 aliphatic carbocycles. The van der Waals surface area contributed by atoms with Crippen LogP contribution in [0.4, 0.5) is 0 Å². The molecule has 0 aromatic carbocycles. The maximum atomic E-state index is 9.91. The summed E-state index contributed by atoms with van der Waals surface area (Å²) in [6, 6.07) is -0.343. The van der Waals surface area contributed by atoms with Gasteiger partial charge in [0.15, 0.2) is 6.23 Å². The summed E-state index contributed by atoms with van der Waals surface area (Å²) in [6.07, 6.45) is -3.39. The monoisotopic (exact) mass is 260 g/mol. The molecule has 2 saturated heterocycles. The quantitative estimate of drug-likeness (QED) is 0.449. The number of hydrogen-bond acceptors (Lipinski definition) is 6. The summed E-state index contributed by atoms with van der Waals surface area (Å²) in [5.41, 5.74) is 0. The van der Waals surface area contributed by atoms with Crippen molar-refractivity contribution < 1.29 is 25.2 Å². The number of hydrogen-bond donors (Lipinski definition) is 4. The third-order valence-corrected chi connectivity index (χ3v) is 3.40. The number of aliphatic hydroxyl groups excluding tert-OH is 4. The minimum Gasteiger partial charge on any atom is -0.463 e. The molecule has 0 aromatic rings. The van der Waals surface area contributed by atoms with Gasteiger partial charge in [0.1, 0.15) is 24.9 Å². The molecule has 2 fully saturated rings. The summed E-state index contributed by atoms with van der Waals surface area (Å²) in [4.78, 5) is 5.54. The van der Waals surface area contributed by atoms with Crippen molar-refractivity contribution in [3.8, 4) is 0 Å². The SMILES string of the molecule is CCCC/N=C1/OC[C@@H]2[C@H](O)[C@H](O)[C@@H](O)[C@@H](O)N12. The Morgan fingerprint density at radius 1 is 1.22 bits per heavy atom. The molecule has 0 bridgehead atoms. The van der Waals surface area contributed by atoms with Crippen molar-refractivity contribution in [1.82, 2.24) is 4.90 Å². The first-order valence-electron chi connectivity index (χ1n) is 6.25. The van der Waals surface area contributed by atoms with Gasteiger partial charge in [0.2, 0.25) is 0 Å². The Morgan fingerprint density at radius 3 is 2.61 bits per heavy atom. The van der Waals surface area contributed by atoms with Crippen LogP contribution in [0.1, 0.15) is 19.8 Å². The fraction of sp³-hybridized carbons (Fsp3) is 0.909. The molecule has 18 heavy (non-hydrogen) atoms. The first-order valence-corrected chi connectivity index (χ1v) is 6.25. The van der Waals surface area contributed by atoms with E-state index in [1.54, 1.807) is 0 Å². The number of piperidine rings is 1. The zero-order chi connectivity index (χ0) is 13.3. The van der Waals surface area contributed by atoms with Crippen LogP contribution < -0.4 is 0 Å². The highest BCUT2D eigenvalue weighted by molar-refractivity contribution is 5.76. The summed E-state index contributed by atoms with van der Waals surface area (Å²) in [5, 5.41) is 39.0. The maximum Gasteiger partial charge on any atom is 0.290 e. The van der Waals surface area contributed by atoms with Crippen LogP contribution in [0, 0.1) is 0 Å². The van der Waals surface area contributed by atoms with E-state index in [1.807, 2.05) is 6.92 Å². The largest absolute Gasteiger partial charge is 0.463 e. The highest BCUT2D eigenvalue weighted by atomic mass is 16.5. The van der Waals surface area contributed by atoms with Crippen LogP contribution >= 0.6 is 0 Å². The molecule has 7 nitrogen and oxygen atoms in total. The molecule has 0 aromatic heterocycles. The van der Waals surface area contributed by atoms with Crippen molar-refractivity contribution in [1.29, 1.82) is 0 Å². The number of aliphatic hydroxyl groups is 4. The van der Waals surface area contributed by atoms with E-state index in [0.717, 1.165) is 12.8 Å². The van der Waals surface area contributed by atoms with Gasteiger partial charge in [0.05, 0.1) is 6.04 Å². The van der Waals surface area contributed by atoms with Crippen molar-refractivity contribution in [2.75, 3.05) is 13.2 Å². The predicted molar refractivity (Wildman–Crippen MR) is 62.8 cm³/mol. The average molecular weight is 260 g/mol. The van der Waals surface area contributed by atoms with E-state index in [9.17, 15) is 20.4 Å². The fourth-order valence-corrected chi connectivity index (χ4v) is 2.26. The lowest BCUT2D eigenvalue weighted by molar-refractivity contribution is -0.190. The normalized spacial score (nSPS) is 41.9. The molecule has 104 valence electrons. The number of nitrogens with zero attached hydrogens (tertiary/aromatic N) is 2. The molecular formula is C11H20N2O5. The minimum atomic E-state index is -1.44. The molecule has 5 atom stereocenters. The highest BCUT2D eigenvalue weighted by Gasteiger charge is 2.52. The molecule has 2 aliphatic heterocycles. The first kappa shape index (κ1) is 13.5. The lowest BCUT2D eigenvalue weighted by Gasteiger charge is -2.42. The van der Waals surface area contributed by atoms with Crippen LogP contribution in [-0.2, 0) is 4.74 Å². The number of ether oxygens (including phenoxy) is 1. The van der Waals surface area contributed by atoms with Crippen LogP contribution in [-0.4, -0.2) is 75.1 Å². The molecule has 0 unspecified atom stereocenters. The van der Waals surface area contributed by atoms with Gasteiger partial charge < -0.3 is 25.2 Å². The Bertz CT molecular complexity index is 325. The van der Waals surface area contributed by atoms with Gasteiger partial charge in [-0.1, -0.05) is 13.3 Å². The topological polar surface area (TPSA) is 106 Å². The molecule has 2 rings (SSSR count). The third-order valence-electron chi connectivity index (χ3n) is 3.40. The number of unbranched alkanes of at least 4 members (excludes halogenated alkanes) is 1. The number of amidine groups is 1. The van der Waals surface area contributed by atoms with E-state index >= 15 is 0 Å². The second-order valence-corrected chi connectivity index (χ2v) is 4.69. The molecule has 4 N–H and O–H groups in total. The van der Waals surface area contributed by atoms with Crippen molar-refractivity contribution in [3.63, 3.8) is 0 Å². The zero-order valence-electron chi connectivity index (χ0n) is 10.3. The number of rotatable bonds is 3. The highest BCUT2D eigenvalue weighted by Crippen LogP contribution is 2.28. The summed E-state index contributed by atoms with van der Waals surface area (Å²) < 4.78 is 5.32. The molecular weight excluding hydrogens is 240 g/mol. The lowest BCUT2D eigenvalue weighted by Crippen LogP contribution is -2.65. The third kappa shape index (κ3) is 2.18. The Balaban J connectivity index is 2.13. The molecule has 7 heteroatoms. The van der Waals surface area contributed by atoms with Crippen molar-refractivity contribution >= 4 is 6.02 Å². The Hall–Kier alpha value is -0.890. The molecule has 0 spiro atoms. The van der Waals surface area contributed by atoms with E-state index in [4.69, 9.17) is 4.74 Å². The smallest absolute Gasteiger partial charge is 0.290 e. The van der Waals surface area contributed by atoms with Crippen LogP contribution in [0.3, 0.4) is 0 Å². The summed E-state index contributed by atoms with van der Waals surface area (Å²) in [6.45, 7) is 2.75. The van der Waals surface area contributed by atoms with Crippen LogP contribution in [0.2, 0.25) is 0 Å². The Labute approximate surface area is 105 Å². The predicted octanol–water partition coefficient (Wildman–Crippen LogP) is -1.74. The first-order chi connectivity index (χ1) is 8.57. The lowest BCUT2D eigenvalue weighted by atomic mass is 9.94. The molecule has 0 radical (unpaired) electrons. The van der Waals surface area contributed by atoms with Gasteiger partial charge in [-0.05, 0) is 6.42 Å². The second-order valence-electron chi connectivity index (χ2n) is 4.69. The van der Waals surface area contributed by atoms with Crippen LogP contribution in [0.5, 0.6) is 0 Å². The van der Waals surface area contributed by atoms with Gasteiger partial charge in [-0.3, -0.25) is 4.90 Å². The van der Waals surface area contributed by atoms with Crippen molar-refractivity contribution in [3.05, 3.63) is 0 Å². The zero-order valence-corrected chi connectivity index (χ0v) is 10.3. The van der Waals surface area contributed by atoms with Crippen molar-refractivity contribution in [2.24, 2.45) is 4.99 Å². The Kier molecular flexibility index (Phi) is 4.06. The fourth-order valence-electron chi connectivity index (χ4n) is 2.26. The van der Waals surface area contributed by atoms with Gasteiger partial charge in [-0.25, -0.2) is 4.99 Å². The minimum absolute atomic E-state index is 0.146. The summed E-state index contributed by atoms with van der Waals surface area (Å²) in [5.74, 6) is 0. The number of aliphatic imine (C=N–C) groups is 1. The van der Waals surface area contributed by atoms with Gasteiger partial charge >= 0.3 is 0 Å². The molecule has 2 heterocycles. The van der Waals surface area contributed by atoms with Crippen LogP contribution in [0.25, 0.3) is 0 Å². The van der Waals surface area contributed by atoms with E-state index in [-0.39, 0.29) is 12.6 Å². The van der Waals surface area contributed by atoms with Gasteiger partial charge in [-0.15, -0.1) is 0 Å². The molecule has 0 amide bonds. The number of fused-ring (bicyclic) bond motifs is 1. The summed E-state index contributed by atoms with van der Waals surface area (Å²) >= 11 is 0. The second kappa shape index (κ2) is 5.40. The van der Waals surface area contributed by atoms with E-state index in [0.29, 0.717) is 6.54 Å². The van der Waals surface area contributed by atoms with Gasteiger partial charge in [0.25, 0.3) is 6.02 Å². The maximum absolute atomic E-state index is 9.91.